The Bertz CT molecular complexity index is 408. The number of amides is 1. The van der Waals surface area contributed by atoms with E-state index in [9.17, 15) is 9.90 Å². The fourth-order valence-corrected chi connectivity index (χ4v) is 2.53. The predicted octanol–water partition coefficient (Wildman–Crippen LogP) is 1.01. The van der Waals surface area contributed by atoms with Gasteiger partial charge < -0.3 is 10.4 Å². The second-order valence-corrected chi connectivity index (χ2v) is 5.10. The van der Waals surface area contributed by atoms with Gasteiger partial charge in [-0.1, -0.05) is 12.8 Å². The zero-order valence-electron chi connectivity index (χ0n) is 11.0. The highest BCUT2D eigenvalue weighted by Gasteiger charge is 2.26. The molecule has 0 saturated heterocycles. The van der Waals surface area contributed by atoms with Crippen molar-refractivity contribution >= 4 is 5.91 Å². The normalized spacial score (nSPS) is 23.9. The van der Waals surface area contributed by atoms with Crippen molar-refractivity contribution in [3.63, 3.8) is 0 Å². The Balaban J connectivity index is 2.01. The number of nitrogens with zero attached hydrogens (tertiary/aromatic N) is 2. The molecule has 5 nitrogen and oxygen atoms in total. The molecule has 2 atom stereocenters. The third kappa shape index (κ3) is 2.72. The summed E-state index contributed by atoms with van der Waals surface area (Å²) >= 11 is 0. The number of hydrogen-bond acceptors (Lipinski definition) is 3. The van der Waals surface area contributed by atoms with Crippen molar-refractivity contribution in [2.24, 2.45) is 13.0 Å². The maximum absolute atomic E-state index is 12.1. The van der Waals surface area contributed by atoms with Crippen LogP contribution in [0.2, 0.25) is 0 Å². The zero-order valence-corrected chi connectivity index (χ0v) is 11.0. The molecule has 1 aliphatic carbocycles. The summed E-state index contributed by atoms with van der Waals surface area (Å²) in [4.78, 5) is 12.1. The molecule has 5 heteroatoms. The van der Waals surface area contributed by atoms with Gasteiger partial charge in [0.2, 0.25) is 0 Å². The molecule has 1 aromatic heterocycles. The minimum Gasteiger partial charge on any atom is -0.396 e. The minimum atomic E-state index is -0.135. The summed E-state index contributed by atoms with van der Waals surface area (Å²) in [5, 5.41) is 16.5. The Morgan fingerprint density at radius 3 is 2.89 bits per heavy atom. The average Bonchev–Trinajstić information content (AvgIpc) is 2.70. The quantitative estimate of drug-likeness (QED) is 0.842. The lowest BCUT2D eigenvalue weighted by Crippen LogP contribution is -2.43. The van der Waals surface area contributed by atoms with Crippen LogP contribution < -0.4 is 5.32 Å². The lowest BCUT2D eigenvalue weighted by Gasteiger charge is -2.30. The molecule has 1 fully saturated rings. The first-order valence-electron chi connectivity index (χ1n) is 6.54. The van der Waals surface area contributed by atoms with Crippen LogP contribution in [-0.2, 0) is 7.05 Å². The third-order valence-electron chi connectivity index (χ3n) is 3.81. The maximum atomic E-state index is 12.1. The Kier molecular flexibility index (Phi) is 4.01. The molecule has 2 rings (SSSR count). The number of aliphatic hydroxyl groups excluding tert-OH is 1. The van der Waals surface area contributed by atoms with Crippen molar-refractivity contribution in [3.05, 3.63) is 17.5 Å². The van der Waals surface area contributed by atoms with Crippen molar-refractivity contribution in [2.75, 3.05) is 6.61 Å². The first kappa shape index (κ1) is 13.1. The topological polar surface area (TPSA) is 67.2 Å². The molecule has 0 aliphatic heterocycles. The van der Waals surface area contributed by atoms with E-state index in [4.69, 9.17) is 0 Å². The Morgan fingerprint density at radius 2 is 2.28 bits per heavy atom. The summed E-state index contributed by atoms with van der Waals surface area (Å²) in [5.74, 6) is 0.0524. The molecule has 0 spiro atoms. The maximum Gasteiger partial charge on any atom is 0.272 e. The number of aromatic nitrogens is 2. The molecule has 100 valence electrons. The predicted molar refractivity (Wildman–Crippen MR) is 68.2 cm³/mol. The van der Waals surface area contributed by atoms with Crippen LogP contribution in [0, 0.1) is 12.8 Å². The fourth-order valence-electron chi connectivity index (χ4n) is 2.53. The largest absolute Gasteiger partial charge is 0.396 e. The SMILES string of the molecule is Cc1cc(C(=O)NC2CCCCC2CO)nn1C. The van der Waals surface area contributed by atoms with Crippen LogP contribution in [0.25, 0.3) is 0 Å². The molecular formula is C13H21N3O2. The van der Waals surface area contributed by atoms with Crippen molar-refractivity contribution < 1.29 is 9.90 Å². The van der Waals surface area contributed by atoms with Crippen LogP contribution in [0.3, 0.4) is 0 Å². The second-order valence-electron chi connectivity index (χ2n) is 5.10. The highest BCUT2D eigenvalue weighted by atomic mass is 16.3. The zero-order chi connectivity index (χ0) is 13.1. The molecule has 1 aliphatic rings. The number of aryl methyl sites for hydroxylation is 2. The molecule has 1 heterocycles. The smallest absolute Gasteiger partial charge is 0.272 e. The van der Waals surface area contributed by atoms with Gasteiger partial charge in [-0.05, 0) is 25.8 Å². The number of aliphatic hydroxyl groups is 1. The van der Waals surface area contributed by atoms with Crippen LogP contribution in [-0.4, -0.2) is 33.4 Å². The third-order valence-corrected chi connectivity index (χ3v) is 3.81. The van der Waals surface area contributed by atoms with Crippen molar-refractivity contribution in [2.45, 2.75) is 38.6 Å². The van der Waals surface area contributed by atoms with Gasteiger partial charge in [0.15, 0.2) is 0 Å². The average molecular weight is 251 g/mol. The van der Waals surface area contributed by atoms with Gasteiger partial charge in [-0.25, -0.2) is 0 Å². The number of hydrogen-bond donors (Lipinski definition) is 2. The summed E-state index contributed by atoms with van der Waals surface area (Å²) < 4.78 is 1.69. The van der Waals surface area contributed by atoms with Crippen molar-refractivity contribution in [1.29, 1.82) is 0 Å². The molecule has 0 bridgehead atoms. The van der Waals surface area contributed by atoms with Gasteiger partial charge in [0.05, 0.1) is 0 Å². The van der Waals surface area contributed by atoms with E-state index >= 15 is 0 Å². The molecule has 2 N–H and O–H groups in total. The van der Waals surface area contributed by atoms with Crippen molar-refractivity contribution in [3.8, 4) is 0 Å². The van der Waals surface area contributed by atoms with E-state index in [1.54, 1.807) is 10.7 Å². The van der Waals surface area contributed by atoms with Crippen LogP contribution in [0.4, 0.5) is 0 Å². The van der Waals surface area contributed by atoms with E-state index in [0.717, 1.165) is 31.4 Å². The summed E-state index contributed by atoms with van der Waals surface area (Å²) in [6, 6.07) is 1.87. The van der Waals surface area contributed by atoms with Crippen LogP contribution in [0.1, 0.15) is 41.9 Å². The molecule has 1 aromatic rings. The van der Waals surface area contributed by atoms with Crippen LogP contribution in [0.5, 0.6) is 0 Å². The van der Waals surface area contributed by atoms with Gasteiger partial charge >= 0.3 is 0 Å². The van der Waals surface area contributed by atoms with Gasteiger partial charge in [-0.15, -0.1) is 0 Å². The van der Waals surface area contributed by atoms with Gasteiger partial charge in [-0.3, -0.25) is 9.48 Å². The van der Waals surface area contributed by atoms with E-state index in [2.05, 4.69) is 10.4 Å². The first-order chi connectivity index (χ1) is 8.61. The number of carbonyl (C=O) groups is 1. The van der Waals surface area contributed by atoms with Gasteiger partial charge in [0, 0.05) is 31.3 Å². The lowest BCUT2D eigenvalue weighted by molar-refractivity contribution is 0.0867. The molecular weight excluding hydrogens is 230 g/mol. The highest BCUT2D eigenvalue weighted by molar-refractivity contribution is 5.92. The van der Waals surface area contributed by atoms with Crippen molar-refractivity contribution in [1.82, 2.24) is 15.1 Å². The van der Waals surface area contributed by atoms with E-state index in [-0.39, 0.29) is 24.5 Å². The number of carbonyl (C=O) groups excluding carboxylic acids is 1. The monoisotopic (exact) mass is 251 g/mol. The van der Waals surface area contributed by atoms with E-state index in [0.29, 0.717) is 5.69 Å². The van der Waals surface area contributed by atoms with Gasteiger partial charge in [-0.2, -0.15) is 5.10 Å². The molecule has 1 saturated carbocycles. The summed E-state index contributed by atoms with van der Waals surface area (Å²) in [7, 11) is 1.82. The van der Waals surface area contributed by atoms with E-state index in [1.807, 2.05) is 14.0 Å². The molecule has 18 heavy (non-hydrogen) atoms. The Hall–Kier alpha value is -1.36. The first-order valence-corrected chi connectivity index (χ1v) is 6.54. The molecule has 0 aromatic carbocycles. The molecule has 0 radical (unpaired) electrons. The summed E-state index contributed by atoms with van der Waals surface area (Å²) in [6.07, 6.45) is 4.19. The lowest BCUT2D eigenvalue weighted by atomic mass is 9.85. The Labute approximate surface area is 107 Å². The number of rotatable bonds is 3. The molecule has 1 amide bonds. The number of nitrogens with one attached hydrogen (secondary N) is 1. The summed E-state index contributed by atoms with van der Waals surface area (Å²) in [5.41, 5.74) is 1.42. The Morgan fingerprint density at radius 1 is 1.56 bits per heavy atom. The van der Waals surface area contributed by atoms with Crippen LogP contribution in [0.15, 0.2) is 6.07 Å². The minimum absolute atomic E-state index is 0.0820. The van der Waals surface area contributed by atoms with E-state index in [1.165, 1.54) is 0 Å². The van der Waals surface area contributed by atoms with Crippen LogP contribution >= 0.6 is 0 Å². The molecule has 2 unspecified atom stereocenters. The van der Waals surface area contributed by atoms with Gasteiger partial charge in [0.25, 0.3) is 5.91 Å². The standard InChI is InChI=1S/C13H21N3O2/c1-9-7-12(15-16(9)2)13(18)14-11-6-4-3-5-10(11)8-17/h7,10-11,17H,3-6,8H2,1-2H3,(H,14,18). The second kappa shape index (κ2) is 5.52. The summed E-state index contributed by atoms with van der Waals surface area (Å²) in [6.45, 7) is 2.06. The van der Waals surface area contributed by atoms with E-state index < -0.39 is 0 Å². The highest BCUT2D eigenvalue weighted by Crippen LogP contribution is 2.24. The van der Waals surface area contributed by atoms with Gasteiger partial charge in [0.1, 0.15) is 5.69 Å². The fraction of sp³-hybridized carbons (Fsp3) is 0.692.